The van der Waals surface area contributed by atoms with Gasteiger partial charge in [0.2, 0.25) is 0 Å². The van der Waals surface area contributed by atoms with Crippen molar-refractivity contribution in [3.05, 3.63) is 88.0 Å². The average Bonchev–Trinajstić information content (AvgIpc) is 2.80. The minimum absolute atomic E-state index is 0.128. The van der Waals surface area contributed by atoms with Crippen molar-refractivity contribution in [2.75, 3.05) is 13.2 Å². The number of rotatable bonds is 5. The van der Waals surface area contributed by atoms with Gasteiger partial charge in [-0.1, -0.05) is 19.1 Å². The molecular formula is C25H18F8O3. The molecule has 36 heavy (non-hydrogen) atoms. The third-order valence-corrected chi connectivity index (χ3v) is 5.57. The molecule has 0 bridgehead atoms. The monoisotopic (exact) mass is 518 g/mol. The molecule has 0 N–H and O–H groups in total. The summed E-state index contributed by atoms with van der Waals surface area (Å²) >= 11 is 0. The molecule has 0 amide bonds. The van der Waals surface area contributed by atoms with E-state index < -0.39 is 69.7 Å². The second-order valence-electron chi connectivity index (χ2n) is 8.39. The number of hydrogen-bond acceptors (Lipinski definition) is 3. The van der Waals surface area contributed by atoms with E-state index in [4.69, 9.17) is 9.47 Å². The highest BCUT2D eigenvalue weighted by Crippen LogP contribution is 2.39. The molecule has 0 aromatic heterocycles. The van der Waals surface area contributed by atoms with Gasteiger partial charge in [0.1, 0.15) is 28.8 Å². The fourth-order valence-corrected chi connectivity index (χ4v) is 3.67. The molecule has 0 spiro atoms. The maximum Gasteiger partial charge on any atom is 0.432 e. The molecule has 4 rings (SSSR count). The molecule has 3 nitrogen and oxygen atoms in total. The van der Waals surface area contributed by atoms with Crippen LogP contribution in [0.1, 0.15) is 29.9 Å². The molecule has 1 saturated heterocycles. The lowest BCUT2D eigenvalue weighted by molar-refractivity contribution is -0.202. The van der Waals surface area contributed by atoms with Crippen LogP contribution in [-0.2, 0) is 15.6 Å². The number of halogens is 8. The van der Waals surface area contributed by atoms with Gasteiger partial charge in [-0.2, -0.15) is 8.78 Å². The van der Waals surface area contributed by atoms with Crippen LogP contribution in [0.4, 0.5) is 35.1 Å². The molecule has 0 saturated carbocycles. The summed E-state index contributed by atoms with van der Waals surface area (Å²) in [5.74, 6) is -11.1. The van der Waals surface area contributed by atoms with E-state index in [-0.39, 0.29) is 17.5 Å². The Kier molecular flexibility index (Phi) is 6.98. The predicted molar refractivity (Wildman–Crippen MR) is 111 cm³/mol. The quantitative estimate of drug-likeness (QED) is 0.262. The SMILES string of the molecule is Cc1c(OC(F)(F)c2c(F)cc(-c3ccc(C4OCC(C)CO4)cc3F)cc2F)cc(F)c(F)c1F. The van der Waals surface area contributed by atoms with Crippen molar-refractivity contribution >= 4 is 0 Å². The van der Waals surface area contributed by atoms with E-state index >= 15 is 0 Å². The van der Waals surface area contributed by atoms with Crippen LogP contribution in [0.15, 0.2) is 36.4 Å². The first-order valence-corrected chi connectivity index (χ1v) is 10.6. The fourth-order valence-electron chi connectivity index (χ4n) is 3.67. The molecule has 3 aromatic carbocycles. The molecule has 192 valence electrons. The summed E-state index contributed by atoms with van der Waals surface area (Å²) in [4.78, 5) is 0. The predicted octanol–water partition coefficient (Wildman–Crippen LogP) is 7.31. The number of hydrogen-bond donors (Lipinski definition) is 0. The molecule has 0 aliphatic carbocycles. The Morgan fingerprint density at radius 3 is 2.00 bits per heavy atom. The molecule has 3 aromatic rings. The lowest BCUT2D eigenvalue weighted by atomic mass is 10.00. The highest BCUT2D eigenvalue weighted by Gasteiger charge is 2.42. The summed E-state index contributed by atoms with van der Waals surface area (Å²) in [6.07, 6.45) is -5.59. The maximum atomic E-state index is 14.8. The van der Waals surface area contributed by atoms with Crippen LogP contribution in [0.5, 0.6) is 5.75 Å². The van der Waals surface area contributed by atoms with Crippen molar-refractivity contribution in [3.8, 4) is 16.9 Å². The van der Waals surface area contributed by atoms with E-state index in [0.29, 0.717) is 30.9 Å². The van der Waals surface area contributed by atoms with Gasteiger partial charge < -0.3 is 14.2 Å². The largest absolute Gasteiger partial charge is 0.432 e. The Hall–Kier alpha value is -3.18. The molecule has 0 unspecified atom stereocenters. The molecule has 1 aliphatic rings. The van der Waals surface area contributed by atoms with Gasteiger partial charge in [0.15, 0.2) is 23.7 Å². The molecular weight excluding hydrogens is 500 g/mol. The van der Waals surface area contributed by atoms with Crippen molar-refractivity contribution in [1.29, 1.82) is 0 Å². The smallest absolute Gasteiger partial charge is 0.428 e. The van der Waals surface area contributed by atoms with Crippen molar-refractivity contribution < 1.29 is 49.3 Å². The van der Waals surface area contributed by atoms with Crippen LogP contribution < -0.4 is 4.74 Å². The van der Waals surface area contributed by atoms with Gasteiger partial charge in [-0.15, -0.1) is 0 Å². The molecule has 0 radical (unpaired) electrons. The van der Waals surface area contributed by atoms with E-state index in [1.807, 2.05) is 6.92 Å². The molecule has 11 heteroatoms. The zero-order valence-electron chi connectivity index (χ0n) is 18.8. The van der Waals surface area contributed by atoms with Gasteiger partial charge >= 0.3 is 6.11 Å². The second kappa shape index (κ2) is 9.70. The Morgan fingerprint density at radius 1 is 0.806 bits per heavy atom. The van der Waals surface area contributed by atoms with Crippen molar-refractivity contribution in [2.24, 2.45) is 5.92 Å². The summed E-state index contributed by atoms with van der Waals surface area (Å²) in [5.41, 5.74) is -3.10. The third kappa shape index (κ3) is 4.90. The van der Waals surface area contributed by atoms with Gasteiger partial charge in [-0.3, -0.25) is 0 Å². The molecule has 1 aliphatic heterocycles. The normalized spacial score (nSPS) is 18.4. The third-order valence-electron chi connectivity index (χ3n) is 5.57. The highest BCUT2D eigenvalue weighted by molar-refractivity contribution is 5.65. The molecule has 1 fully saturated rings. The number of ether oxygens (including phenoxy) is 3. The van der Waals surface area contributed by atoms with E-state index in [2.05, 4.69) is 4.74 Å². The van der Waals surface area contributed by atoms with Crippen LogP contribution in [0.25, 0.3) is 11.1 Å². The fraction of sp³-hybridized carbons (Fsp3) is 0.280. The van der Waals surface area contributed by atoms with Gasteiger partial charge in [0.05, 0.1) is 13.2 Å². The van der Waals surface area contributed by atoms with Gasteiger partial charge in [0.25, 0.3) is 0 Å². The van der Waals surface area contributed by atoms with E-state index in [1.165, 1.54) is 12.1 Å². The summed E-state index contributed by atoms with van der Waals surface area (Å²) in [5, 5.41) is 0. The van der Waals surface area contributed by atoms with Crippen LogP contribution in [0.3, 0.4) is 0 Å². The zero-order chi connectivity index (χ0) is 26.4. The topological polar surface area (TPSA) is 27.7 Å². The Morgan fingerprint density at radius 2 is 1.42 bits per heavy atom. The van der Waals surface area contributed by atoms with Gasteiger partial charge in [-0.05, 0) is 30.7 Å². The van der Waals surface area contributed by atoms with Crippen LogP contribution in [0.2, 0.25) is 0 Å². The first kappa shape index (κ1) is 25.9. The van der Waals surface area contributed by atoms with E-state index in [0.717, 1.165) is 13.0 Å². The van der Waals surface area contributed by atoms with Gasteiger partial charge in [0, 0.05) is 28.7 Å². The van der Waals surface area contributed by atoms with E-state index in [1.54, 1.807) is 0 Å². The van der Waals surface area contributed by atoms with Crippen LogP contribution in [0, 0.1) is 47.7 Å². The zero-order valence-corrected chi connectivity index (χ0v) is 18.8. The van der Waals surface area contributed by atoms with Crippen molar-refractivity contribution in [1.82, 2.24) is 0 Å². The molecule has 1 heterocycles. The first-order chi connectivity index (χ1) is 16.9. The second-order valence-corrected chi connectivity index (χ2v) is 8.39. The van der Waals surface area contributed by atoms with Crippen molar-refractivity contribution in [2.45, 2.75) is 26.2 Å². The standard InChI is InChI=1S/C25H18F8O3/c1-11-9-34-24(35-10-11)13-3-4-15(16(26)5-13)14-6-17(27)21(18(28)7-14)25(32,33)36-20-8-19(29)23(31)22(30)12(20)2/h3-8,11,24H,9-10H2,1-2H3. The molecule has 0 atom stereocenters. The minimum atomic E-state index is -4.76. The Labute approximate surface area is 200 Å². The summed E-state index contributed by atoms with van der Waals surface area (Å²) in [6, 6.07) is 4.68. The van der Waals surface area contributed by atoms with Crippen LogP contribution in [-0.4, -0.2) is 13.2 Å². The average molecular weight is 518 g/mol. The lowest BCUT2D eigenvalue weighted by Gasteiger charge is -2.27. The Bertz CT molecular complexity index is 1280. The Balaban J connectivity index is 1.64. The van der Waals surface area contributed by atoms with Crippen molar-refractivity contribution in [3.63, 3.8) is 0 Å². The summed E-state index contributed by atoms with van der Waals surface area (Å²) < 4.78 is 129. The van der Waals surface area contributed by atoms with Gasteiger partial charge in [-0.25, -0.2) is 26.3 Å². The number of alkyl halides is 2. The summed E-state index contributed by atoms with van der Waals surface area (Å²) in [6.45, 7) is 3.49. The summed E-state index contributed by atoms with van der Waals surface area (Å²) in [7, 11) is 0. The highest BCUT2D eigenvalue weighted by atomic mass is 19.3. The van der Waals surface area contributed by atoms with E-state index in [9.17, 15) is 35.1 Å². The maximum absolute atomic E-state index is 14.8. The van der Waals surface area contributed by atoms with Crippen LogP contribution >= 0.6 is 0 Å². The minimum Gasteiger partial charge on any atom is -0.428 e. The lowest BCUT2D eigenvalue weighted by Crippen LogP contribution is -2.26. The number of benzene rings is 3. The first-order valence-electron chi connectivity index (χ1n) is 10.6.